The summed E-state index contributed by atoms with van der Waals surface area (Å²) in [6.07, 6.45) is 0. The lowest BCUT2D eigenvalue weighted by Crippen LogP contribution is -2.56. The first kappa shape index (κ1) is 16.4. The molecule has 0 heterocycles. The van der Waals surface area contributed by atoms with E-state index >= 15 is 0 Å². The molecule has 0 bridgehead atoms. The molecule has 0 aliphatic rings. The Labute approximate surface area is 117 Å². The summed E-state index contributed by atoms with van der Waals surface area (Å²) in [5.74, 6) is 0.330. The number of rotatable bonds is 8. The fourth-order valence-corrected chi connectivity index (χ4v) is 1.47. The number of aliphatic hydroxyl groups excluding tert-OH is 3. The van der Waals surface area contributed by atoms with Crippen molar-refractivity contribution in [2.24, 2.45) is 0 Å². The Kier molecular flexibility index (Phi) is 6.40. The summed E-state index contributed by atoms with van der Waals surface area (Å²) in [5.41, 5.74) is -0.669. The van der Waals surface area contributed by atoms with Gasteiger partial charge in [0, 0.05) is 5.69 Å². The zero-order chi connectivity index (χ0) is 15.0. The molecule has 7 heteroatoms. The number of ether oxygens (including phenoxy) is 1. The van der Waals surface area contributed by atoms with Gasteiger partial charge in [0.2, 0.25) is 5.91 Å². The Morgan fingerprint density at radius 3 is 2.15 bits per heavy atom. The van der Waals surface area contributed by atoms with Gasteiger partial charge in [0.05, 0.1) is 39.0 Å². The summed E-state index contributed by atoms with van der Waals surface area (Å²) >= 11 is 0. The lowest BCUT2D eigenvalue weighted by atomic mass is 10.0. The highest BCUT2D eigenvalue weighted by molar-refractivity contribution is 5.92. The third-order valence-electron chi connectivity index (χ3n) is 2.91. The summed E-state index contributed by atoms with van der Waals surface area (Å²) in [5, 5.41) is 32.6. The topological polar surface area (TPSA) is 111 Å². The van der Waals surface area contributed by atoms with E-state index in [0.717, 1.165) is 0 Å². The molecule has 1 rings (SSSR count). The van der Waals surface area contributed by atoms with Gasteiger partial charge in [-0.05, 0) is 24.3 Å². The van der Waals surface area contributed by atoms with Crippen LogP contribution in [0, 0.1) is 0 Å². The lowest BCUT2D eigenvalue weighted by Gasteiger charge is -2.28. The molecule has 0 aliphatic heterocycles. The van der Waals surface area contributed by atoms with E-state index in [-0.39, 0.29) is 12.5 Å². The number of hydrogen-bond acceptors (Lipinski definition) is 6. The van der Waals surface area contributed by atoms with Crippen LogP contribution in [0.1, 0.15) is 0 Å². The third kappa shape index (κ3) is 4.46. The predicted octanol–water partition coefficient (Wildman–Crippen LogP) is -1.06. The number of nitrogens with one attached hydrogen (secondary N) is 2. The Bertz CT molecular complexity index is 409. The van der Waals surface area contributed by atoms with Crippen molar-refractivity contribution in [1.29, 1.82) is 0 Å². The maximum absolute atomic E-state index is 11.7. The van der Waals surface area contributed by atoms with Crippen LogP contribution in [0.2, 0.25) is 0 Å². The number of methoxy groups -OCH3 is 1. The van der Waals surface area contributed by atoms with Crippen LogP contribution in [-0.2, 0) is 4.79 Å². The van der Waals surface area contributed by atoms with Gasteiger partial charge >= 0.3 is 0 Å². The molecular formula is C13H20N2O5. The van der Waals surface area contributed by atoms with E-state index in [1.54, 1.807) is 31.4 Å². The van der Waals surface area contributed by atoms with E-state index in [0.29, 0.717) is 11.4 Å². The van der Waals surface area contributed by atoms with Crippen LogP contribution in [0.4, 0.5) is 5.69 Å². The minimum atomic E-state index is -1.27. The van der Waals surface area contributed by atoms with Crippen LogP contribution >= 0.6 is 0 Å². The van der Waals surface area contributed by atoms with Crippen molar-refractivity contribution in [3.05, 3.63) is 24.3 Å². The number of anilines is 1. The molecule has 0 aromatic heterocycles. The van der Waals surface area contributed by atoms with Crippen molar-refractivity contribution in [1.82, 2.24) is 5.32 Å². The molecule has 112 valence electrons. The molecule has 0 radical (unpaired) electrons. The quantitative estimate of drug-likeness (QED) is 0.416. The molecule has 1 aromatic carbocycles. The van der Waals surface area contributed by atoms with Crippen molar-refractivity contribution in [2.45, 2.75) is 5.54 Å². The normalized spacial score (nSPS) is 11.2. The Hall–Kier alpha value is -1.67. The Morgan fingerprint density at radius 2 is 1.70 bits per heavy atom. The number of amides is 1. The smallest absolute Gasteiger partial charge is 0.238 e. The highest BCUT2D eigenvalue weighted by Crippen LogP contribution is 2.14. The predicted molar refractivity (Wildman–Crippen MR) is 73.6 cm³/mol. The largest absolute Gasteiger partial charge is 0.497 e. The van der Waals surface area contributed by atoms with Gasteiger partial charge in [0.1, 0.15) is 5.75 Å². The second-order valence-electron chi connectivity index (χ2n) is 4.38. The number of benzene rings is 1. The second-order valence-corrected chi connectivity index (χ2v) is 4.38. The van der Waals surface area contributed by atoms with Gasteiger partial charge in [-0.25, -0.2) is 0 Å². The molecule has 0 unspecified atom stereocenters. The molecular weight excluding hydrogens is 264 g/mol. The lowest BCUT2D eigenvalue weighted by molar-refractivity contribution is -0.116. The van der Waals surface area contributed by atoms with E-state index in [1.165, 1.54) is 0 Å². The Morgan fingerprint density at radius 1 is 1.15 bits per heavy atom. The van der Waals surface area contributed by atoms with E-state index in [1.807, 2.05) is 0 Å². The highest BCUT2D eigenvalue weighted by atomic mass is 16.5. The molecule has 0 saturated carbocycles. The van der Waals surface area contributed by atoms with E-state index in [9.17, 15) is 4.79 Å². The fraction of sp³-hybridized carbons (Fsp3) is 0.462. The molecule has 0 saturated heterocycles. The monoisotopic (exact) mass is 284 g/mol. The fourth-order valence-electron chi connectivity index (χ4n) is 1.47. The average molecular weight is 284 g/mol. The first-order valence-electron chi connectivity index (χ1n) is 6.10. The Balaban J connectivity index is 2.50. The van der Waals surface area contributed by atoms with Crippen molar-refractivity contribution in [3.63, 3.8) is 0 Å². The molecule has 1 aromatic rings. The summed E-state index contributed by atoms with van der Waals surface area (Å²) in [7, 11) is 1.55. The molecule has 0 aliphatic carbocycles. The van der Waals surface area contributed by atoms with Gasteiger partial charge in [-0.2, -0.15) is 0 Å². The first-order chi connectivity index (χ1) is 9.59. The number of carbonyl (C=O) groups is 1. The molecule has 5 N–H and O–H groups in total. The zero-order valence-electron chi connectivity index (χ0n) is 11.3. The van der Waals surface area contributed by atoms with Gasteiger partial charge in [-0.1, -0.05) is 0 Å². The summed E-state index contributed by atoms with van der Waals surface area (Å²) in [6, 6.07) is 6.80. The maximum Gasteiger partial charge on any atom is 0.238 e. The first-order valence-corrected chi connectivity index (χ1v) is 6.10. The van der Waals surface area contributed by atoms with Crippen molar-refractivity contribution in [3.8, 4) is 5.75 Å². The van der Waals surface area contributed by atoms with Crippen LogP contribution in [-0.4, -0.2) is 60.2 Å². The average Bonchev–Trinajstić information content (AvgIpc) is 2.50. The van der Waals surface area contributed by atoms with Crippen LogP contribution in [0.25, 0.3) is 0 Å². The molecule has 1 amide bonds. The van der Waals surface area contributed by atoms with Gasteiger partial charge in [-0.3, -0.25) is 10.1 Å². The van der Waals surface area contributed by atoms with Crippen LogP contribution < -0.4 is 15.4 Å². The number of aliphatic hydroxyl groups is 3. The van der Waals surface area contributed by atoms with Gasteiger partial charge in [0.15, 0.2) is 0 Å². The molecule has 20 heavy (non-hydrogen) atoms. The molecule has 0 atom stereocenters. The van der Waals surface area contributed by atoms with Crippen molar-refractivity contribution < 1.29 is 24.9 Å². The van der Waals surface area contributed by atoms with E-state index in [2.05, 4.69) is 10.6 Å². The number of hydrogen-bond donors (Lipinski definition) is 5. The van der Waals surface area contributed by atoms with Crippen LogP contribution in [0.5, 0.6) is 5.75 Å². The van der Waals surface area contributed by atoms with E-state index in [4.69, 9.17) is 20.1 Å². The van der Waals surface area contributed by atoms with Crippen LogP contribution in [0.3, 0.4) is 0 Å². The van der Waals surface area contributed by atoms with Gasteiger partial charge in [-0.15, -0.1) is 0 Å². The molecule has 0 spiro atoms. The molecule has 0 fully saturated rings. The second kappa shape index (κ2) is 7.81. The van der Waals surface area contributed by atoms with Crippen molar-refractivity contribution in [2.75, 3.05) is 38.8 Å². The van der Waals surface area contributed by atoms with Crippen LogP contribution in [0.15, 0.2) is 24.3 Å². The SMILES string of the molecule is COc1ccc(NC(=O)CNC(CO)(CO)CO)cc1. The standard InChI is InChI=1S/C13H20N2O5/c1-20-11-4-2-10(3-5-11)15-12(19)6-14-13(7-16,8-17)9-18/h2-5,14,16-18H,6-9H2,1H3,(H,15,19). The minimum absolute atomic E-state index is 0.145. The summed E-state index contributed by atoms with van der Waals surface area (Å²) in [6.45, 7) is -1.57. The summed E-state index contributed by atoms with van der Waals surface area (Å²) < 4.78 is 5.00. The van der Waals surface area contributed by atoms with Gasteiger partial charge < -0.3 is 25.4 Å². The highest BCUT2D eigenvalue weighted by Gasteiger charge is 2.27. The maximum atomic E-state index is 11.7. The van der Waals surface area contributed by atoms with Crippen molar-refractivity contribution >= 4 is 11.6 Å². The zero-order valence-corrected chi connectivity index (χ0v) is 11.3. The summed E-state index contributed by atoms with van der Waals surface area (Å²) in [4.78, 5) is 11.7. The molecule has 7 nitrogen and oxygen atoms in total. The van der Waals surface area contributed by atoms with E-state index < -0.39 is 25.4 Å². The third-order valence-corrected chi connectivity index (χ3v) is 2.91. The number of carbonyl (C=O) groups excluding carboxylic acids is 1. The van der Waals surface area contributed by atoms with Gasteiger partial charge in [0.25, 0.3) is 0 Å². The minimum Gasteiger partial charge on any atom is -0.497 e.